The lowest BCUT2D eigenvalue weighted by Gasteiger charge is -2.08. The van der Waals surface area contributed by atoms with Crippen LogP contribution >= 0.6 is 11.3 Å². The number of anilines is 3. The van der Waals surface area contributed by atoms with Crippen LogP contribution < -0.4 is 16.0 Å². The topological polar surface area (TPSA) is 105 Å². The summed E-state index contributed by atoms with van der Waals surface area (Å²) in [5.41, 5.74) is 4.20. The van der Waals surface area contributed by atoms with E-state index in [4.69, 9.17) is 4.42 Å². The maximum Gasteiger partial charge on any atom is 0.325 e. The average Bonchev–Trinajstić information content (AvgIpc) is 3.59. The molecule has 0 aliphatic heterocycles. The lowest BCUT2D eigenvalue weighted by atomic mass is 9.99. The maximum atomic E-state index is 12.3. The van der Waals surface area contributed by atoms with Gasteiger partial charge in [0.05, 0.1) is 5.39 Å². The Labute approximate surface area is 228 Å². The predicted octanol–water partition coefficient (Wildman–Crippen LogP) is 7.31. The standard InChI is InChI=1S/C30H24N6O2S/c37-29(35-22-14-8-3-9-15-22)36-30-32-18-23(39-30)16-17-31-27-25-24(20-10-4-1-5-11-20)26(21-12-6-2-7-13-21)38-28(25)34-19-33-27/h1-15,18-19H,16-17H2,(H,31,33,34)(H2,32,35,36,37). The molecule has 3 N–H and O–H groups in total. The van der Waals surface area contributed by atoms with Gasteiger partial charge < -0.3 is 15.1 Å². The van der Waals surface area contributed by atoms with Crippen LogP contribution in [0.1, 0.15) is 4.88 Å². The van der Waals surface area contributed by atoms with Gasteiger partial charge in [-0.1, -0.05) is 78.9 Å². The number of para-hydroxylation sites is 1. The number of benzene rings is 3. The summed E-state index contributed by atoms with van der Waals surface area (Å²) in [6.45, 7) is 0.615. The Bertz CT molecular complexity index is 1700. The summed E-state index contributed by atoms with van der Waals surface area (Å²) in [5, 5.41) is 10.4. The Kier molecular flexibility index (Phi) is 6.96. The summed E-state index contributed by atoms with van der Waals surface area (Å²) in [7, 11) is 0. The highest BCUT2D eigenvalue weighted by molar-refractivity contribution is 7.15. The Morgan fingerprint density at radius 3 is 2.23 bits per heavy atom. The number of fused-ring (bicyclic) bond motifs is 1. The van der Waals surface area contributed by atoms with Crippen molar-refractivity contribution >= 4 is 45.1 Å². The molecule has 0 aliphatic carbocycles. The molecule has 0 fully saturated rings. The van der Waals surface area contributed by atoms with Crippen molar-refractivity contribution in [2.75, 3.05) is 22.5 Å². The fourth-order valence-electron chi connectivity index (χ4n) is 4.31. The number of nitrogens with one attached hydrogen (secondary N) is 3. The molecule has 9 heteroatoms. The second-order valence-electron chi connectivity index (χ2n) is 8.69. The van der Waals surface area contributed by atoms with E-state index in [0.29, 0.717) is 29.6 Å². The maximum absolute atomic E-state index is 12.3. The van der Waals surface area contributed by atoms with Gasteiger partial charge in [-0.2, -0.15) is 0 Å². The molecule has 192 valence electrons. The summed E-state index contributed by atoms with van der Waals surface area (Å²) >= 11 is 1.44. The Morgan fingerprint density at radius 1 is 0.795 bits per heavy atom. The minimum Gasteiger partial charge on any atom is -0.437 e. The smallest absolute Gasteiger partial charge is 0.325 e. The van der Waals surface area contributed by atoms with Crippen LogP contribution in [0, 0.1) is 0 Å². The molecule has 0 radical (unpaired) electrons. The fourth-order valence-corrected chi connectivity index (χ4v) is 5.11. The second kappa shape index (κ2) is 11.2. The van der Waals surface area contributed by atoms with Gasteiger partial charge in [-0.25, -0.2) is 19.7 Å². The first-order chi connectivity index (χ1) is 19.2. The van der Waals surface area contributed by atoms with Crippen molar-refractivity contribution in [3.8, 4) is 22.5 Å². The third-order valence-electron chi connectivity index (χ3n) is 6.06. The van der Waals surface area contributed by atoms with Crippen LogP contribution in [0.3, 0.4) is 0 Å². The average molecular weight is 533 g/mol. The summed E-state index contributed by atoms with van der Waals surface area (Å²) in [4.78, 5) is 26.6. The van der Waals surface area contributed by atoms with Crippen molar-refractivity contribution in [2.24, 2.45) is 0 Å². The predicted molar refractivity (Wildman–Crippen MR) is 156 cm³/mol. The molecule has 0 unspecified atom stereocenters. The number of aromatic nitrogens is 3. The zero-order valence-electron chi connectivity index (χ0n) is 20.8. The van der Waals surface area contributed by atoms with E-state index in [1.165, 1.54) is 17.7 Å². The summed E-state index contributed by atoms with van der Waals surface area (Å²) in [5.74, 6) is 1.46. The van der Waals surface area contributed by atoms with Gasteiger partial charge in [-0.05, 0) is 17.7 Å². The minimum atomic E-state index is -0.328. The molecule has 6 aromatic rings. The first-order valence-corrected chi connectivity index (χ1v) is 13.3. The number of amides is 2. The van der Waals surface area contributed by atoms with E-state index in [9.17, 15) is 4.79 Å². The summed E-state index contributed by atoms with van der Waals surface area (Å²) < 4.78 is 6.28. The number of furan rings is 1. The molecule has 0 saturated heterocycles. The Balaban J connectivity index is 1.20. The van der Waals surface area contributed by atoms with Crippen LogP contribution in [0.4, 0.5) is 21.4 Å². The molecule has 0 spiro atoms. The van der Waals surface area contributed by atoms with E-state index in [-0.39, 0.29) is 6.03 Å². The number of hydrogen-bond donors (Lipinski definition) is 3. The van der Waals surface area contributed by atoms with Crippen molar-refractivity contribution < 1.29 is 9.21 Å². The second-order valence-corrected chi connectivity index (χ2v) is 9.81. The third kappa shape index (κ3) is 5.48. The largest absolute Gasteiger partial charge is 0.437 e. The highest BCUT2D eigenvalue weighted by Crippen LogP contribution is 2.42. The summed E-state index contributed by atoms with van der Waals surface area (Å²) in [6.07, 6.45) is 3.99. The van der Waals surface area contributed by atoms with E-state index in [0.717, 1.165) is 38.4 Å². The molecular formula is C30H24N6O2S. The molecule has 39 heavy (non-hydrogen) atoms. The normalized spacial score (nSPS) is 10.9. The van der Waals surface area contributed by atoms with Crippen LogP contribution in [0.15, 0.2) is 108 Å². The molecule has 2 amide bonds. The fraction of sp³-hybridized carbons (Fsp3) is 0.0667. The van der Waals surface area contributed by atoms with Gasteiger partial charge in [0.1, 0.15) is 17.9 Å². The molecule has 0 saturated carbocycles. The molecular weight excluding hydrogens is 508 g/mol. The van der Waals surface area contributed by atoms with Crippen LogP contribution in [0.25, 0.3) is 33.6 Å². The van der Waals surface area contributed by atoms with Gasteiger partial charge in [-0.3, -0.25) is 5.32 Å². The zero-order chi connectivity index (χ0) is 26.4. The molecule has 0 bridgehead atoms. The van der Waals surface area contributed by atoms with Crippen molar-refractivity contribution in [2.45, 2.75) is 6.42 Å². The number of rotatable bonds is 8. The van der Waals surface area contributed by atoms with Gasteiger partial charge in [0.25, 0.3) is 0 Å². The van der Waals surface area contributed by atoms with E-state index in [1.807, 2.05) is 78.9 Å². The monoisotopic (exact) mass is 532 g/mol. The first kappa shape index (κ1) is 24.3. The van der Waals surface area contributed by atoms with Crippen LogP contribution in [0.2, 0.25) is 0 Å². The van der Waals surface area contributed by atoms with Crippen LogP contribution in [-0.2, 0) is 6.42 Å². The quantitative estimate of drug-likeness (QED) is 0.190. The van der Waals surface area contributed by atoms with Gasteiger partial charge in [0.15, 0.2) is 5.13 Å². The Morgan fingerprint density at radius 2 is 1.49 bits per heavy atom. The molecule has 0 aliphatic rings. The van der Waals surface area contributed by atoms with Gasteiger partial charge in [0, 0.05) is 40.9 Å². The molecule has 6 rings (SSSR count). The first-order valence-electron chi connectivity index (χ1n) is 12.4. The van der Waals surface area contributed by atoms with E-state index < -0.39 is 0 Å². The molecule has 0 atom stereocenters. The van der Waals surface area contributed by atoms with Crippen LogP contribution in [0.5, 0.6) is 0 Å². The number of carbonyl (C=O) groups excluding carboxylic acids is 1. The molecule has 3 aromatic carbocycles. The van der Waals surface area contributed by atoms with Gasteiger partial charge >= 0.3 is 6.03 Å². The molecule has 3 aromatic heterocycles. The number of carbonyl (C=O) groups is 1. The number of nitrogens with zero attached hydrogens (tertiary/aromatic N) is 3. The highest BCUT2D eigenvalue weighted by Gasteiger charge is 2.22. The van der Waals surface area contributed by atoms with Gasteiger partial charge in [-0.15, -0.1) is 11.3 Å². The van der Waals surface area contributed by atoms with Crippen molar-refractivity contribution in [3.63, 3.8) is 0 Å². The SMILES string of the molecule is O=C(Nc1ccccc1)Nc1ncc(CCNc2ncnc3oc(-c4ccccc4)c(-c4ccccc4)c23)s1. The Hall–Kier alpha value is -5.02. The van der Waals surface area contributed by atoms with Crippen LogP contribution in [-0.4, -0.2) is 27.5 Å². The van der Waals surface area contributed by atoms with Crippen molar-refractivity contribution in [3.05, 3.63) is 108 Å². The van der Waals surface area contributed by atoms with Crippen molar-refractivity contribution in [1.29, 1.82) is 0 Å². The lowest BCUT2D eigenvalue weighted by Crippen LogP contribution is -2.19. The van der Waals surface area contributed by atoms with E-state index in [1.54, 1.807) is 6.20 Å². The van der Waals surface area contributed by atoms with Crippen molar-refractivity contribution in [1.82, 2.24) is 15.0 Å². The minimum absolute atomic E-state index is 0.328. The van der Waals surface area contributed by atoms with Gasteiger partial charge in [0.2, 0.25) is 5.71 Å². The third-order valence-corrected chi connectivity index (χ3v) is 7.03. The lowest BCUT2D eigenvalue weighted by molar-refractivity contribution is 0.262. The number of thiazole rings is 1. The van der Waals surface area contributed by atoms with E-state index in [2.05, 4.69) is 43.0 Å². The number of hydrogen-bond acceptors (Lipinski definition) is 7. The molecule has 3 heterocycles. The summed E-state index contributed by atoms with van der Waals surface area (Å²) in [6, 6.07) is 29.1. The van der Waals surface area contributed by atoms with E-state index >= 15 is 0 Å². The molecule has 8 nitrogen and oxygen atoms in total. The number of urea groups is 1. The highest BCUT2D eigenvalue weighted by atomic mass is 32.1. The zero-order valence-corrected chi connectivity index (χ0v) is 21.6.